The third-order valence-corrected chi connectivity index (χ3v) is 3.98. The van der Waals surface area contributed by atoms with E-state index in [9.17, 15) is 0 Å². The summed E-state index contributed by atoms with van der Waals surface area (Å²) in [5.74, 6) is 2.01. The molecule has 2 heterocycles. The standard InChI is InChI=1S/C15H27N3O/c1-13-4-5-14(19-13)12-17-7-6-15(2,3)18-10-8-16-9-11-18/h4-5,16-17H,6-12H2,1-3H3. The summed E-state index contributed by atoms with van der Waals surface area (Å²) in [5, 5.41) is 6.88. The van der Waals surface area contributed by atoms with Crippen LogP contribution in [0.4, 0.5) is 0 Å². The molecule has 108 valence electrons. The Kier molecular flexibility index (Phi) is 5.02. The first-order chi connectivity index (χ1) is 9.08. The van der Waals surface area contributed by atoms with Crippen molar-refractivity contribution in [3.05, 3.63) is 23.7 Å². The van der Waals surface area contributed by atoms with E-state index in [1.54, 1.807) is 0 Å². The Labute approximate surface area is 116 Å². The minimum Gasteiger partial charge on any atom is -0.465 e. The highest BCUT2D eigenvalue weighted by atomic mass is 16.3. The number of aryl methyl sites for hydroxylation is 1. The Morgan fingerprint density at radius 3 is 2.68 bits per heavy atom. The van der Waals surface area contributed by atoms with Gasteiger partial charge in [0.25, 0.3) is 0 Å². The third-order valence-electron chi connectivity index (χ3n) is 3.98. The van der Waals surface area contributed by atoms with Gasteiger partial charge in [0.15, 0.2) is 0 Å². The number of piperazine rings is 1. The SMILES string of the molecule is Cc1ccc(CNCCC(C)(C)N2CCNCC2)o1. The van der Waals surface area contributed by atoms with Crippen molar-refractivity contribution in [3.63, 3.8) is 0 Å². The number of rotatable bonds is 6. The number of nitrogens with one attached hydrogen (secondary N) is 2. The highest BCUT2D eigenvalue weighted by Crippen LogP contribution is 2.18. The molecule has 0 unspecified atom stereocenters. The Balaban J connectivity index is 1.69. The van der Waals surface area contributed by atoms with Gasteiger partial charge in [-0.1, -0.05) is 0 Å². The molecule has 2 rings (SSSR count). The van der Waals surface area contributed by atoms with E-state index in [2.05, 4.69) is 29.4 Å². The molecule has 1 aliphatic heterocycles. The van der Waals surface area contributed by atoms with Crippen molar-refractivity contribution in [1.29, 1.82) is 0 Å². The van der Waals surface area contributed by atoms with Gasteiger partial charge in [-0.15, -0.1) is 0 Å². The lowest BCUT2D eigenvalue weighted by atomic mass is 9.97. The second-order valence-corrected chi connectivity index (χ2v) is 5.99. The van der Waals surface area contributed by atoms with Gasteiger partial charge >= 0.3 is 0 Å². The maximum absolute atomic E-state index is 5.55. The monoisotopic (exact) mass is 265 g/mol. The average Bonchev–Trinajstić information content (AvgIpc) is 2.82. The average molecular weight is 265 g/mol. The van der Waals surface area contributed by atoms with Gasteiger partial charge in [0.05, 0.1) is 6.54 Å². The van der Waals surface area contributed by atoms with Crippen LogP contribution in [0.5, 0.6) is 0 Å². The van der Waals surface area contributed by atoms with E-state index in [0.29, 0.717) is 0 Å². The summed E-state index contributed by atoms with van der Waals surface area (Å²) in [7, 11) is 0. The van der Waals surface area contributed by atoms with Gasteiger partial charge in [0.1, 0.15) is 11.5 Å². The van der Waals surface area contributed by atoms with Gasteiger partial charge < -0.3 is 15.1 Å². The van der Waals surface area contributed by atoms with Gasteiger partial charge in [0, 0.05) is 31.7 Å². The van der Waals surface area contributed by atoms with Crippen LogP contribution >= 0.6 is 0 Å². The molecule has 1 aliphatic rings. The van der Waals surface area contributed by atoms with E-state index >= 15 is 0 Å². The Morgan fingerprint density at radius 2 is 2.05 bits per heavy atom. The lowest BCUT2D eigenvalue weighted by Gasteiger charge is -2.41. The van der Waals surface area contributed by atoms with E-state index in [0.717, 1.165) is 57.2 Å². The predicted octanol–water partition coefficient (Wildman–Crippen LogP) is 1.75. The summed E-state index contributed by atoms with van der Waals surface area (Å²) in [6.45, 7) is 13.1. The normalized spacial score (nSPS) is 17.8. The molecule has 4 nitrogen and oxygen atoms in total. The molecule has 1 saturated heterocycles. The Hall–Kier alpha value is -0.840. The maximum atomic E-state index is 5.55. The molecule has 2 N–H and O–H groups in total. The molecule has 0 aliphatic carbocycles. The second kappa shape index (κ2) is 6.55. The van der Waals surface area contributed by atoms with Crippen LogP contribution in [0.1, 0.15) is 31.8 Å². The van der Waals surface area contributed by atoms with E-state index < -0.39 is 0 Å². The van der Waals surface area contributed by atoms with Crippen molar-refractivity contribution in [1.82, 2.24) is 15.5 Å². The molecule has 0 radical (unpaired) electrons. The summed E-state index contributed by atoms with van der Waals surface area (Å²) in [5.41, 5.74) is 0.272. The van der Waals surface area contributed by atoms with Crippen molar-refractivity contribution >= 4 is 0 Å². The first-order valence-electron chi connectivity index (χ1n) is 7.30. The molecule has 1 aromatic rings. The zero-order valence-electron chi connectivity index (χ0n) is 12.5. The summed E-state index contributed by atoms with van der Waals surface area (Å²) in [6.07, 6.45) is 1.16. The molecule has 4 heteroatoms. The molecule has 1 aromatic heterocycles. The molecular weight excluding hydrogens is 238 g/mol. The fraction of sp³-hybridized carbons (Fsp3) is 0.733. The third kappa shape index (κ3) is 4.34. The van der Waals surface area contributed by atoms with Crippen LogP contribution in [0.15, 0.2) is 16.5 Å². The van der Waals surface area contributed by atoms with Gasteiger partial charge in [-0.25, -0.2) is 0 Å². The Bertz CT molecular complexity index is 380. The fourth-order valence-corrected chi connectivity index (χ4v) is 2.61. The van der Waals surface area contributed by atoms with Crippen LogP contribution in [0.2, 0.25) is 0 Å². The van der Waals surface area contributed by atoms with Crippen molar-refractivity contribution in [3.8, 4) is 0 Å². The fourth-order valence-electron chi connectivity index (χ4n) is 2.61. The van der Waals surface area contributed by atoms with Crippen LogP contribution in [0, 0.1) is 6.92 Å². The van der Waals surface area contributed by atoms with Gasteiger partial charge in [0.2, 0.25) is 0 Å². The van der Waals surface area contributed by atoms with Crippen LogP contribution in [-0.2, 0) is 6.54 Å². The summed E-state index contributed by atoms with van der Waals surface area (Å²) in [4.78, 5) is 2.59. The minimum atomic E-state index is 0.272. The molecule has 0 bridgehead atoms. The smallest absolute Gasteiger partial charge is 0.117 e. The maximum Gasteiger partial charge on any atom is 0.117 e. The van der Waals surface area contributed by atoms with E-state index in [-0.39, 0.29) is 5.54 Å². The number of furan rings is 1. The molecule has 0 spiro atoms. The number of hydrogen-bond acceptors (Lipinski definition) is 4. The Morgan fingerprint density at radius 1 is 1.32 bits per heavy atom. The zero-order valence-corrected chi connectivity index (χ0v) is 12.5. The number of nitrogens with zero attached hydrogens (tertiary/aromatic N) is 1. The van der Waals surface area contributed by atoms with Crippen molar-refractivity contribution in [2.45, 2.75) is 39.3 Å². The van der Waals surface area contributed by atoms with Gasteiger partial charge in [-0.2, -0.15) is 0 Å². The van der Waals surface area contributed by atoms with Crippen molar-refractivity contribution < 1.29 is 4.42 Å². The molecular formula is C15H27N3O. The highest BCUT2D eigenvalue weighted by Gasteiger charge is 2.26. The molecule has 0 amide bonds. The molecule has 19 heavy (non-hydrogen) atoms. The van der Waals surface area contributed by atoms with E-state index in [1.165, 1.54) is 0 Å². The predicted molar refractivity (Wildman–Crippen MR) is 78.3 cm³/mol. The summed E-state index contributed by atoms with van der Waals surface area (Å²) in [6, 6.07) is 4.06. The van der Waals surface area contributed by atoms with Crippen LogP contribution in [0.25, 0.3) is 0 Å². The quantitative estimate of drug-likeness (QED) is 0.769. The summed E-state index contributed by atoms with van der Waals surface area (Å²) < 4.78 is 5.55. The summed E-state index contributed by atoms with van der Waals surface area (Å²) >= 11 is 0. The lowest BCUT2D eigenvalue weighted by Crippen LogP contribution is -2.54. The molecule has 0 aromatic carbocycles. The van der Waals surface area contributed by atoms with Crippen LogP contribution in [0.3, 0.4) is 0 Å². The van der Waals surface area contributed by atoms with Gasteiger partial charge in [-0.3, -0.25) is 4.90 Å². The number of hydrogen-bond donors (Lipinski definition) is 2. The largest absolute Gasteiger partial charge is 0.465 e. The van der Waals surface area contributed by atoms with Gasteiger partial charge in [-0.05, 0) is 45.9 Å². The molecule has 0 saturated carbocycles. The molecule has 1 fully saturated rings. The van der Waals surface area contributed by atoms with Crippen molar-refractivity contribution in [2.24, 2.45) is 0 Å². The van der Waals surface area contributed by atoms with Crippen molar-refractivity contribution in [2.75, 3.05) is 32.7 Å². The van der Waals surface area contributed by atoms with E-state index in [1.807, 2.05) is 19.1 Å². The minimum absolute atomic E-state index is 0.272. The molecule has 0 atom stereocenters. The highest BCUT2D eigenvalue weighted by molar-refractivity contribution is 5.05. The van der Waals surface area contributed by atoms with Crippen LogP contribution in [-0.4, -0.2) is 43.2 Å². The zero-order chi connectivity index (χ0) is 13.7. The first kappa shape index (κ1) is 14.6. The van der Waals surface area contributed by atoms with Crippen LogP contribution < -0.4 is 10.6 Å². The second-order valence-electron chi connectivity index (χ2n) is 5.99. The lowest BCUT2D eigenvalue weighted by molar-refractivity contribution is 0.0954. The first-order valence-corrected chi connectivity index (χ1v) is 7.30. The topological polar surface area (TPSA) is 40.4 Å². The van der Waals surface area contributed by atoms with E-state index in [4.69, 9.17) is 4.42 Å².